The molecule has 0 saturated heterocycles. The van der Waals surface area contributed by atoms with Crippen molar-refractivity contribution in [3.05, 3.63) is 148 Å². The number of anilines is 2. The number of benzene rings is 5. The third kappa shape index (κ3) is 8.61. The summed E-state index contributed by atoms with van der Waals surface area (Å²) in [4.78, 5) is 45.6. The molecule has 0 spiro atoms. The number of amides is 3. The van der Waals surface area contributed by atoms with Crippen LogP contribution in [-0.4, -0.2) is 28.0 Å². The van der Waals surface area contributed by atoms with Gasteiger partial charge in [0.2, 0.25) is 5.91 Å². The Labute approximate surface area is 307 Å². The molecule has 5 aromatic carbocycles. The minimum atomic E-state index is -0.491. The molecular formula is C39H30Cl2N4O3S2. The molecule has 0 radical (unpaired) electrons. The van der Waals surface area contributed by atoms with Crippen LogP contribution in [0.15, 0.2) is 131 Å². The lowest BCUT2D eigenvalue weighted by Crippen LogP contribution is -2.30. The van der Waals surface area contributed by atoms with Crippen LogP contribution in [0.5, 0.6) is 0 Å². The second-order valence-electron chi connectivity index (χ2n) is 11.1. The highest BCUT2D eigenvalue weighted by molar-refractivity contribution is 8.00. The molecule has 1 atom stereocenters. The van der Waals surface area contributed by atoms with Crippen molar-refractivity contribution < 1.29 is 14.4 Å². The Morgan fingerprint density at radius 2 is 1.62 bits per heavy atom. The van der Waals surface area contributed by atoms with Crippen molar-refractivity contribution in [3.8, 4) is 11.3 Å². The minimum Gasteiger partial charge on any atom is -0.321 e. The average Bonchev–Trinajstić information content (AvgIpc) is 3.58. The fourth-order valence-electron chi connectivity index (χ4n) is 5.14. The van der Waals surface area contributed by atoms with Crippen LogP contribution in [0.3, 0.4) is 0 Å². The topological polar surface area (TPSA) is 100 Å². The molecule has 1 aromatic heterocycles. The number of halogens is 2. The zero-order valence-electron chi connectivity index (χ0n) is 26.7. The quantitative estimate of drug-likeness (QED) is 0.0908. The largest absolute Gasteiger partial charge is 0.321 e. The smallest absolute Gasteiger partial charge is 0.272 e. The van der Waals surface area contributed by atoms with Crippen LogP contribution >= 0.6 is 46.3 Å². The van der Waals surface area contributed by atoms with Crippen LogP contribution in [0.25, 0.3) is 28.1 Å². The van der Waals surface area contributed by atoms with Gasteiger partial charge in [-0.05, 0) is 77.4 Å². The Kier molecular flexibility index (Phi) is 11.3. The number of carbonyl (C=O) groups excluding carboxylic acids is 3. The van der Waals surface area contributed by atoms with Gasteiger partial charge in [0, 0.05) is 32.1 Å². The zero-order valence-corrected chi connectivity index (χ0v) is 29.8. The number of thiazole rings is 1. The van der Waals surface area contributed by atoms with Crippen molar-refractivity contribution in [2.75, 3.05) is 10.6 Å². The Morgan fingerprint density at radius 1 is 0.860 bits per heavy atom. The number of hydrogen-bond donors (Lipinski definition) is 3. The van der Waals surface area contributed by atoms with E-state index in [0.717, 1.165) is 26.8 Å². The SMILES string of the molecule is CCC(Sc1cccc(NC(=O)/C(=C\c2cccc3ccccc23)NC(=O)c2ccccc2)c1)C(=O)Nc1nc(-c2ccc(Cl)cc2Cl)cs1. The molecule has 3 amide bonds. The van der Waals surface area contributed by atoms with E-state index >= 15 is 0 Å². The van der Waals surface area contributed by atoms with E-state index < -0.39 is 17.1 Å². The summed E-state index contributed by atoms with van der Waals surface area (Å²) < 4.78 is 0. The number of fused-ring (bicyclic) bond motifs is 1. The number of nitrogens with zero attached hydrogens (tertiary/aromatic N) is 1. The third-order valence-electron chi connectivity index (χ3n) is 7.63. The number of thioether (sulfide) groups is 1. The maximum atomic E-state index is 13.8. The molecule has 0 saturated carbocycles. The molecule has 1 heterocycles. The summed E-state index contributed by atoms with van der Waals surface area (Å²) in [5.41, 5.74) is 3.17. The average molecular weight is 738 g/mol. The van der Waals surface area contributed by atoms with Crippen molar-refractivity contribution in [3.63, 3.8) is 0 Å². The second-order valence-corrected chi connectivity index (χ2v) is 14.1. The zero-order chi connectivity index (χ0) is 35.0. The van der Waals surface area contributed by atoms with Gasteiger partial charge in [-0.25, -0.2) is 4.98 Å². The van der Waals surface area contributed by atoms with Gasteiger partial charge in [-0.15, -0.1) is 23.1 Å². The van der Waals surface area contributed by atoms with Gasteiger partial charge >= 0.3 is 0 Å². The van der Waals surface area contributed by atoms with E-state index in [9.17, 15) is 14.4 Å². The molecule has 250 valence electrons. The van der Waals surface area contributed by atoms with Crippen molar-refractivity contribution >= 4 is 91.7 Å². The van der Waals surface area contributed by atoms with E-state index in [4.69, 9.17) is 23.2 Å². The number of rotatable bonds is 11. The van der Waals surface area contributed by atoms with Crippen LogP contribution < -0.4 is 16.0 Å². The van der Waals surface area contributed by atoms with E-state index in [-0.39, 0.29) is 11.6 Å². The normalized spacial score (nSPS) is 11.9. The maximum Gasteiger partial charge on any atom is 0.272 e. The summed E-state index contributed by atoms with van der Waals surface area (Å²) in [5, 5.41) is 13.5. The molecule has 0 aliphatic heterocycles. The fraction of sp³-hybridized carbons (Fsp3) is 0.0769. The fourth-order valence-corrected chi connectivity index (χ4v) is 7.38. The molecular weight excluding hydrogens is 707 g/mol. The Morgan fingerprint density at radius 3 is 2.42 bits per heavy atom. The van der Waals surface area contributed by atoms with Gasteiger partial charge in [-0.3, -0.25) is 14.4 Å². The summed E-state index contributed by atoms with van der Waals surface area (Å²) in [6, 6.07) is 34.8. The predicted molar refractivity (Wildman–Crippen MR) is 207 cm³/mol. The molecule has 11 heteroatoms. The first-order chi connectivity index (χ1) is 24.3. The summed E-state index contributed by atoms with van der Waals surface area (Å²) in [6.07, 6.45) is 2.23. The van der Waals surface area contributed by atoms with Gasteiger partial charge in [0.05, 0.1) is 16.0 Å². The molecule has 0 aliphatic rings. The molecule has 6 aromatic rings. The Balaban J connectivity index is 1.18. The summed E-state index contributed by atoms with van der Waals surface area (Å²) >= 11 is 15.1. The lowest BCUT2D eigenvalue weighted by molar-refractivity contribution is -0.116. The van der Waals surface area contributed by atoms with Gasteiger partial charge in [0.1, 0.15) is 5.70 Å². The van der Waals surface area contributed by atoms with Crippen LogP contribution in [0.2, 0.25) is 10.0 Å². The van der Waals surface area contributed by atoms with E-state index in [1.54, 1.807) is 60.7 Å². The van der Waals surface area contributed by atoms with E-state index in [0.29, 0.717) is 38.5 Å². The van der Waals surface area contributed by atoms with Gasteiger partial charge in [0.25, 0.3) is 11.8 Å². The predicted octanol–water partition coefficient (Wildman–Crippen LogP) is 10.2. The molecule has 0 bridgehead atoms. The third-order valence-corrected chi connectivity index (χ3v) is 10.3. The van der Waals surface area contributed by atoms with Crippen LogP contribution in [0.4, 0.5) is 10.8 Å². The van der Waals surface area contributed by atoms with Gasteiger partial charge in [-0.2, -0.15) is 0 Å². The van der Waals surface area contributed by atoms with E-state index in [2.05, 4.69) is 20.9 Å². The van der Waals surface area contributed by atoms with E-state index in [1.165, 1.54) is 23.1 Å². The van der Waals surface area contributed by atoms with Crippen LogP contribution in [0, 0.1) is 0 Å². The van der Waals surface area contributed by atoms with Crippen molar-refractivity contribution in [2.24, 2.45) is 0 Å². The summed E-state index contributed by atoms with van der Waals surface area (Å²) in [7, 11) is 0. The van der Waals surface area contributed by atoms with E-state index in [1.807, 2.05) is 73.0 Å². The lowest BCUT2D eigenvalue weighted by Gasteiger charge is -2.15. The number of nitrogens with one attached hydrogen (secondary N) is 3. The molecule has 6 rings (SSSR count). The molecule has 50 heavy (non-hydrogen) atoms. The highest BCUT2D eigenvalue weighted by atomic mass is 35.5. The Hall–Kier alpha value is -4.93. The van der Waals surface area contributed by atoms with Crippen molar-refractivity contribution in [1.29, 1.82) is 0 Å². The molecule has 3 N–H and O–H groups in total. The highest BCUT2D eigenvalue weighted by Gasteiger charge is 2.21. The second kappa shape index (κ2) is 16.2. The van der Waals surface area contributed by atoms with Gasteiger partial charge < -0.3 is 16.0 Å². The van der Waals surface area contributed by atoms with Crippen molar-refractivity contribution in [1.82, 2.24) is 10.3 Å². The molecule has 7 nitrogen and oxygen atoms in total. The van der Waals surface area contributed by atoms with Crippen molar-refractivity contribution in [2.45, 2.75) is 23.5 Å². The summed E-state index contributed by atoms with van der Waals surface area (Å²) in [5.74, 6) is -1.09. The first-order valence-electron chi connectivity index (χ1n) is 15.6. The van der Waals surface area contributed by atoms with Crippen LogP contribution in [-0.2, 0) is 9.59 Å². The number of hydrogen-bond acceptors (Lipinski definition) is 6. The standard InChI is InChI=1S/C39H30Cl2N4O3S2/c1-2-35(38(48)45-39-44-34(23-49-39)31-19-18-27(40)21-32(31)41)50-29-16-9-15-28(22-29)42-37(47)33(43-36(46)25-11-4-3-5-12-25)20-26-14-8-13-24-10-6-7-17-30(24)26/h3-23,35H,2H2,1H3,(H,42,47)(H,43,46)(H,44,45,48)/b33-20+. The monoisotopic (exact) mass is 736 g/mol. The minimum absolute atomic E-state index is 0.0850. The van der Waals surface area contributed by atoms with Gasteiger partial charge in [-0.1, -0.05) is 96.9 Å². The number of carbonyl (C=O) groups is 3. The number of aromatic nitrogens is 1. The first kappa shape index (κ1) is 34.9. The lowest BCUT2D eigenvalue weighted by atomic mass is 10.0. The Bertz CT molecular complexity index is 2220. The highest BCUT2D eigenvalue weighted by Crippen LogP contribution is 2.34. The van der Waals surface area contributed by atoms with Gasteiger partial charge in [0.15, 0.2) is 5.13 Å². The maximum absolute atomic E-state index is 13.8. The molecule has 1 unspecified atom stereocenters. The molecule has 0 aliphatic carbocycles. The first-order valence-corrected chi connectivity index (χ1v) is 18.1. The van der Waals surface area contributed by atoms with Crippen LogP contribution in [0.1, 0.15) is 29.3 Å². The summed E-state index contributed by atoms with van der Waals surface area (Å²) in [6.45, 7) is 1.93. The molecule has 0 fully saturated rings.